The molecule has 1 fully saturated rings. The average molecular weight is 357 g/mol. The van der Waals surface area contributed by atoms with Crippen molar-refractivity contribution in [3.05, 3.63) is 63.6 Å². The standard InChI is InChI=1S/C16H15N5O3S/c1-2-19-9-12(8-17-19)10-20-15(22)14(18-16(20)25)7-11-4-3-5-13(6-11)21(23)24/h3-9H,2,10H2,1H3,(H,18,25)/b14-7+. The van der Waals surface area contributed by atoms with Gasteiger partial charge in [-0.05, 0) is 30.8 Å². The summed E-state index contributed by atoms with van der Waals surface area (Å²) < 4.78 is 1.77. The first-order valence-corrected chi connectivity index (χ1v) is 7.99. The van der Waals surface area contributed by atoms with Crippen molar-refractivity contribution >= 4 is 35.0 Å². The van der Waals surface area contributed by atoms with Gasteiger partial charge in [-0.15, -0.1) is 0 Å². The molecule has 1 aromatic carbocycles. The maximum Gasteiger partial charge on any atom is 0.276 e. The number of carbonyl (C=O) groups excluding carboxylic acids is 1. The Labute approximate surface area is 148 Å². The van der Waals surface area contributed by atoms with Crippen LogP contribution in [0.3, 0.4) is 0 Å². The van der Waals surface area contributed by atoms with Gasteiger partial charge in [-0.25, -0.2) is 0 Å². The van der Waals surface area contributed by atoms with Gasteiger partial charge in [0.25, 0.3) is 11.6 Å². The predicted molar refractivity (Wildman–Crippen MR) is 95.3 cm³/mol. The Morgan fingerprint density at radius 1 is 1.44 bits per heavy atom. The third-order valence-corrected chi connectivity index (χ3v) is 4.03. The maximum absolute atomic E-state index is 12.6. The molecule has 1 amide bonds. The van der Waals surface area contributed by atoms with E-state index < -0.39 is 4.92 Å². The van der Waals surface area contributed by atoms with E-state index in [1.807, 2.05) is 13.1 Å². The molecule has 2 aromatic rings. The number of non-ortho nitro benzene ring substituents is 1. The van der Waals surface area contributed by atoms with Gasteiger partial charge in [0.05, 0.1) is 17.7 Å². The number of nitrogens with one attached hydrogen (secondary N) is 1. The fourth-order valence-corrected chi connectivity index (χ4v) is 2.71. The number of nitro benzene ring substituents is 1. The Morgan fingerprint density at radius 3 is 2.92 bits per heavy atom. The van der Waals surface area contributed by atoms with Crippen molar-refractivity contribution in [2.75, 3.05) is 0 Å². The Hall–Kier alpha value is -3.07. The first-order chi connectivity index (χ1) is 12.0. The molecule has 1 aromatic heterocycles. The normalized spacial score (nSPS) is 15.7. The minimum atomic E-state index is -0.478. The molecule has 25 heavy (non-hydrogen) atoms. The second-order valence-electron chi connectivity index (χ2n) is 5.44. The molecule has 0 radical (unpaired) electrons. The monoisotopic (exact) mass is 357 g/mol. The lowest BCUT2D eigenvalue weighted by atomic mass is 10.1. The Kier molecular flexibility index (Phi) is 4.57. The molecule has 8 nitrogen and oxygen atoms in total. The summed E-state index contributed by atoms with van der Waals surface area (Å²) >= 11 is 5.23. The van der Waals surface area contributed by atoms with E-state index in [9.17, 15) is 14.9 Å². The zero-order valence-corrected chi connectivity index (χ0v) is 14.2. The summed E-state index contributed by atoms with van der Waals surface area (Å²) in [6.07, 6.45) is 5.11. The summed E-state index contributed by atoms with van der Waals surface area (Å²) in [5.41, 5.74) is 1.67. The first kappa shape index (κ1) is 16.8. The Bertz CT molecular complexity index is 889. The minimum Gasteiger partial charge on any atom is -0.328 e. The van der Waals surface area contributed by atoms with Gasteiger partial charge in [0.2, 0.25) is 0 Å². The molecule has 0 spiro atoms. The number of rotatable bonds is 5. The van der Waals surface area contributed by atoms with Crippen molar-refractivity contribution in [2.24, 2.45) is 0 Å². The van der Waals surface area contributed by atoms with Gasteiger partial charge >= 0.3 is 0 Å². The molecule has 0 aliphatic carbocycles. The SMILES string of the molecule is CCn1cc(CN2C(=O)/C(=C\c3cccc([N+](=O)[O-])c3)NC2=S)cn1. The molecule has 1 N–H and O–H groups in total. The number of carbonyl (C=O) groups is 1. The van der Waals surface area contributed by atoms with Crippen molar-refractivity contribution in [3.63, 3.8) is 0 Å². The quantitative estimate of drug-likeness (QED) is 0.381. The van der Waals surface area contributed by atoms with Crippen LogP contribution in [0.4, 0.5) is 5.69 Å². The van der Waals surface area contributed by atoms with Gasteiger partial charge in [0, 0.05) is 30.4 Å². The molecule has 1 aliphatic heterocycles. The average Bonchev–Trinajstić information content (AvgIpc) is 3.15. The highest BCUT2D eigenvalue weighted by Gasteiger charge is 2.30. The van der Waals surface area contributed by atoms with Crippen LogP contribution in [-0.4, -0.2) is 30.6 Å². The summed E-state index contributed by atoms with van der Waals surface area (Å²) in [5, 5.41) is 18.2. The molecule has 2 heterocycles. The van der Waals surface area contributed by atoms with Crippen LogP contribution in [0.2, 0.25) is 0 Å². The number of thiocarbonyl (C=S) groups is 1. The van der Waals surface area contributed by atoms with Crippen molar-refractivity contribution in [3.8, 4) is 0 Å². The van der Waals surface area contributed by atoms with Crippen molar-refractivity contribution in [2.45, 2.75) is 20.0 Å². The highest BCUT2D eigenvalue weighted by molar-refractivity contribution is 7.80. The second-order valence-corrected chi connectivity index (χ2v) is 5.82. The second kappa shape index (κ2) is 6.81. The van der Waals surface area contributed by atoms with E-state index in [0.717, 1.165) is 12.1 Å². The van der Waals surface area contributed by atoms with E-state index in [2.05, 4.69) is 10.4 Å². The van der Waals surface area contributed by atoms with E-state index in [0.29, 0.717) is 17.2 Å². The van der Waals surface area contributed by atoms with E-state index in [-0.39, 0.29) is 17.3 Å². The topological polar surface area (TPSA) is 93.3 Å². The summed E-state index contributed by atoms with van der Waals surface area (Å²) in [4.78, 5) is 24.4. The molecular formula is C16H15N5O3S. The number of benzene rings is 1. The van der Waals surface area contributed by atoms with Crippen LogP contribution in [-0.2, 0) is 17.9 Å². The van der Waals surface area contributed by atoms with Gasteiger partial charge in [-0.2, -0.15) is 5.10 Å². The molecule has 0 atom stereocenters. The summed E-state index contributed by atoms with van der Waals surface area (Å²) in [6, 6.07) is 6.05. The summed E-state index contributed by atoms with van der Waals surface area (Å²) in [7, 11) is 0. The molecule has 1 aliphatic rings. The van der Waals surface area contributed by atoms with E-state index in [1.165, 1.54) is 17.0 Å². The third-order valence-electron chi connectivity index (χ3n) is 3.71. The molecule has 0 saturated carbocycles. The van der Waals surface area contributed by atoms with E-state index in [4.69, 9.17) is 12.2 Å². The molecule has 3 rings (SSSR count). The molecule has 9 heteroatoms. The Balaban J connectivity index is 1.80. The number of hydrogen-bond acceptors (Lipinski definition) is 5. The minimum absolute atomic E-state index is 0.0359. The molecule has 1 saturated heterocycles. The van der Waals surface area contributed by atoms with Crippen molar-refractivity contribution in [1.82, 2.24) is 20.0 Å². The van der Waals surface area contributed by atoms with Gasteiger partial charge in [-0.3, -0.25) is 24.5 Å². The predicted octanol–water partition coefficient (Wildman–Crippen LogP) is 2.07. The van der Waals surface area contributed by atoms with Crippen molar-refractivity contribution < 1.29 is 9.72 Å². The number of aromatic nitrogens is 2. The lowest BCUT2D eigenvalue weighted by Gasteiger charge is -2.12. The number of hydrogen-bond donors (Lipinski definition) is 1. The lowest BCUT2D eigenvalue weighted by molar-refractivity contribution is -0.384. The molecule has 0 unspecified atom stereocenters. The van der Waals surface area contributed by atoms with Crippen LogP contribution in [0.1, 0.15) is 18.1 Å². The fraction of sp³-hybridized carbons (Fsp3) is 0.188. The maximum atomic E-state index is 12.6. The van der Waals surface area contributed by atoms with E-state index in [1.54, 1.807) is 29.1 Å². The zero-order chi connectivity index (χ0) is 18.0. The smallest absolute Gasteiger partial charge is 0.276 e. The van der Waals surface area contributed by atoms with Crippen LogP contribution in [0, 0.1) is 10.1 Å². The molecule has 0 bridgehead atoms. The third kappa shape index (κ3) is 3.56. The number of aryl methyl sites for hydroxylation is 1. The van der Waals surface area contributed by atoms with Gasteiger partial charge in [0.1, 0.15) is 5.70 Å². The van der Waals surface area contributed by atoms with Crippen LogP contribution in [0.25, 0.3) is 6.08 Å². The van der Waals surface area contributed by atoms with Gasteiger partial charge in [0.15, 0.2) is 5.11 Å². The van der Waals surface area contributed by atoms with Crippen LogP contribution in [0.15, 0.2) is 42.4 Å². The Morgan fingerprint density at radius 2 is 2.24 bits per heavy atom. The highest BCUT2D eigenvalue weighted by Crippen LogP contribution is 2.19. The number of nitro groups is 1. The van der Waals surface area contributed by atoms with E-state index >= 15 is 0 Å². The lowest BCUT2D eigenvalue weighted by Crippen LogP contribution is -2.29. The van der Waals surface area contributed by atoms with Gasteiger partial charge in [-0.1, -0.05) is 12.1 Å². The van der Waals surface area contributed by atoms with Gasteiger partial charge < -0.3 is 5.32 Å². The highest BCUT2D eigenvalue weighted by atomic mass is 32.1. The van der Waals surface area contributed by atoms with Crippen molar-refractivity contribution in [1.29, 1.82) is 0 Å². The van der Waals surface area contributed by atoms with Crippen LogP contribution < -0.4 is 5.32 Å². The largest absolute Gasteiger partial charge is 0.328 e. The van der Waals surface area contributed by atoms with Crippen LogP contribution in [0.5, 0.6) is 0 Å². The summed E-state index contributed by atoms with van der Waals surface area (Å²) in [5.74, 6) is -0.277. The zero-order valence-electron chi connectivity index (χ0n) is 13.4. The fourth-order valence-electron chi connectivity index (χ4n) is 2.45. The summed E-state index contributed by atoms with van der Waals surface area (Å²) in [6.45, 7) is 3.04. The van der Waals surface area contributed by atoms with Crippen LogP contribution >= 0.6 is 12.2 Å². The molecule has 128 valence electrons. The number of amides is 1. The molecular weight excluding hydrogens is 342 g/mol. The number of nitrogens with zero attached hydrogens (tertiary/aromatic N) is 4. The first-order valence-electron chi connectivity index (χ1n) is 7.58.